The molecule has 0 aliphatic rings. The highest BCUT2D eigenvalue weighted by molar-refractivity contribution is 7.47. The molecule has 0 aromatic rings. The van der Waals surface area contributed by atoms with Crippen molar-refractivity contribution >= 4 is 19.7 Å². The number of likely N-dealkylation sites (N-methyl/N-ethyl adjacent to an activating group) is 1. The maximum atomic E-state index is 13.4. The van der Waals surface area contributed by atoms with Crippen LogP contribution in [0.1, 0.15) is 245 Å². The minimum Gasteiger partial charge on any atom is -0.456 e. The van der Waals surface area contributed by atoms with E-state index >= 15 is 0 Å². The molecule has 0 heterocycles. The molecule has 386 valence electrons. The van der Waals surface area contributed by atoms with E-state index in [9.17, 15) is 19.0 Å². The minimum atomic E-state index is -4.44. The number of nitrogens with one attached hydrogen (secondary N) is 1. The van der Waals surface area contributed by atoms with Crippen LogP contribution in [0.4, 0.5) is 0 Å². The number of rotatable bonds is 49. The fraction of sp³-hybridized carbons (Fsp3) is 0.821. The minimum absolute atomic E-state index is 0.0353. The first-order valence-electron chi connectivity index (χ1n) is 27.5. The van der Waals surface area contributed by atoms with Crippen LogP contribution in [-0.4, -0.2) is 74.3 Å². The fourth-order valence-electron chi connectivity index (χ4n) is 7.69. The molecule has 0 bridgehead atoms. The summed E-state index contributed by atoms with van der Waals surface area (Å²) in [5, 5.41) is 3.03. The SMILES string of the molecule is CCCCC/C=C/C=C/CCCCCCCCC(=O)NC(COP(=O)(O)OCC[N+](C)(C)C)C(/C=C/CCCCCCCCCCC)OC(=O)CCCCC/C=C\CCCCCCCCC. The first-order valence-corrected chi connectivity index (χ1v) is 29.0. The number of quaternary nitrogens is 1. The summed E-state index contributed by atoms with van der Waals surface area (Å²) in [6, 6.07) is -0.857. The Morgan fingerprint density at radius 3 is 1.42 bits per heavy atom. The molecule has 0 aliphatic heterocycles. The molecule has 0 fully saturated rings. The maximum absolute atomic E-state index is 13.4. The molecule has 0 saturated heterocycles. The number of esters is 1. The standard InChI is InChI=1S/C56H105N2O7P/c1-7-10-13-16-19-22-25-27-29-30-33-36-39-42-45-48-55(59)57-53(52-64-66(61,62)63-51-50-58(4,5)6)54(47-44-41-38-35-32-24-21-18-15-12-9-3)65-56(60)49-46-43-40-37-34-31-28-26-23-20-17-14-11-8-2/h19,22,25,27,31,34,44,47,53-54H,7-18,20-21,23-24,26,28-30,32-33,35-43,45-46,48-52H2,1-6H3,(H-,57,59,61,62)/p+1/b22-19+,27-25+,34-31-,47-44+. The number of ether oxygens (including phenoxy) is 1. The highest BCUT2D eigenvalue weighted by Crippen LogP contribution is 2.43. The van der Waals surface area contributed by atoms with Crippen LogP contribution in [0.2, 0.25) is 0 Å². The molecule has 10 heteroatoms. The Morgan fingerprint density at radius 2 is 0.924 bits per heavy atom. The molecular weight excluding hydrogens is 844 g/mol. The van der Waals surface area contributed by atoms with Gasteiger partial charge in [0.15, 0.2) is 0 Å². The first-order chi connectivity index (χ1) is 31.9. The van der Waals surface area contributed by atoms with Crippen LogP contribution in [-0.2, 0) is 27.9 Å². The summed E-state index contributed by atoms with van der Waals surface area (Å²) < 4.78 is 30.5. The van der Waals surface area contributed by atoms with Crippen molar-refractivity contribution in [3.63, 3.8) is 0 Å². The molecule has 9 nitrogen and oxygen atoms in total. The quantitative estimate of drug-likeness (QED) is 0.0156. The summed E-state index contributed by atoms with van der Waals surface area (Å²) in [6.45, 7) is 6.95. The first kappa shape index (κ1) is 64.0. The van der Waals surface area contributed by atoms with Crippen molar-refractivity contribution in [2.45, 2.75) is 258 Å². The van der Waals surface area contributed by atoms with Crippen LogP contribution in [0.15, 0.2) is 48.6 Å². The second-order valence-corrected chi connectivity index (χ2v) is 21.2. The number of hydrogen-bond donors (Lipinski definition) is 2. The Balaban J connectivity index is 5.41. The second kappa shape index (κ2) is 46.7. The topological polar surface area (TPSA) is 111 Å². The normalized spacial score (nSPS) is 14.2. The summed E-state index contributed by atoms with van der Waals surface area (Å²) in [7, 11) is 1.48. The number of nitrogens with zero attached hydrogens (tertiary/aromatic N) is 1. The number of carbonyl (C=O) groups excluding carboxylic acids is 2. The lowest BCUT2D eigenvalue weighted by Gasteiger charge is -2.27. The average Bonchev–Trinajstić information content (AvgIpc) is 3.27. The van der Waals surface area contributed by atoms with Gasteiger partial charge in [0.1, 0.15) is 19.3 Å². The average molecular weight is 950 g/mol. The molecular formula is C56H106N2O7P+. The fourth-order valence-corrected chi connectivity index (χ4v) is 8.42. The van der Waals surface area contributed by atoms with Crippen LogP contribution in [0.5, 0.6) is 0 Å². The zero-order valence-corrected chi connectivity index (χ0v) is 44.8. The number of hydrogen-bond acceptors (Lipinski definition) is 6. The van der Waals surface area contributed by atoms with E-state index in [1.165, 1.54) is 122 Å². The molecule has 66 heavy (non-hydrogen) atoms. The van der Waals surface area contributed by atoms with Crippen molar-refractivity contribution in [3.05, 3.63) is 48.6 Å². The van der Waals surface area contributed by atoms with Gasteiger partial charge in [-0.3, -0.25) is 18.6 Å². The van der Waals surface area contributed by atoms with Crippen LogP contribution >= 0.6 is 7.82 Å². The molecule has 0 aromatic carbocycles. The Hall–Kier alpha value is -2.03. The summed E-state index contributed by atoms with van der Waals surface area (Å²) in [5.41, 5.74) is 0. The Morgan fingerprint density at radius 1 is 0.530 bits per heavy atom. The third-order valence-electron chi connectivity index (χ3n) is 12.0. The third-order valence-corrected chi connectivity index (χ3v) is 13.0. The van der Waals surface area contributed by atoms with Gasteiger partial charge in [0.05, 0.1) is 33.8 Å². The number of carbonyl (C=O) groups is 2. The molecule has 1 amide bonds. The number of allylic oxidation sites excluding steroid dienone is 7. The molecule has 0 aromatic heterocycles. The predicted octanol–water partition coefficient (Wildman–Crippen LogP) is 16.2. The Labute approximate surface area is 408 Å². The molecule has 0 rings (SSSR count). The zero-order valence-electron chi connectivity index (χ0n) is 43.9. The predicted molar refractivity (Wildman–Crippen MR) is 282 cm³/mol. The van der Waals surface area contributed by atoms with Crippen LogP contribution < -0.4 is 5.32 Å². The molecule has 0 aliphatic carbocycles. The van der Waals surface area contributed by atoms with E-state index in [4.69, 9.17) is 13.8 Å². The van der Waals surface area contributed by atoms with Crippen LogP contribution in [0.25, 0.3) is 0 Å². The highest BCUT2D eigenvalue weighted by Gasteiger charge is 2.30. The largest absolute Gasteiger partial charge is 0.472 e. The number of phosphoric acid groups is 1. The second-order valence-electron chi connectivity index (χ2n) is 19.8. The van der Waals surface area contributed by atoms with Gasteiger partial charge in [-0.2, -0.15) is 0 Å². The van der Waals surface area contributed by atoms with Crippen molar-refractivity contribution in [1.82, 2.24) is 5.32 Å². The van der Waals surface area contributed by atoms with Gasteiger partial charge >= 0.3 is 13.8 Å². The molecule has 0 saturated carbocycles. The number of amides is 1. The molecule has 3 unspecified atom stereocenters. The molecule has 0 spiro atoms. The van der Waals surface area contributed by atoms with Crippen molar-refractivity contribution in [2.75, 3.05) is 40.9 Å². The molecule has 2 N–H and O–H groups in total. The highest BCUT2D eigenvalue weighted by atomic mass is 31.2. The summed E-state index contributed by atoms with van der Waals surface area (Å²) >= 11 is 0. The smallest absolute Gasteiger partial charge is 0.456 e. The van der Waals surface area contributed by atoms with E-state index in [0.717, 1.165) is 83.5 Å². The van der Waals surface area contributed by atoms with Gasteiger partial charge in [-0.05, 0) is 83.1 Å². The van der Waals surface area contributed by atoms with Crippen molar-refractivity contribution in [1.29, 1.82) is 0 Å². The van der Waals surface area contributed by atoms with Gasteiger partial charge in [-0.25, -0.2) is 4.57 Å². The monoisotopic (exact) mass is 950 g/mol. The summed E-state index contributed by atoms with van der Waals surface area (Å²) in [6.07, 6.45) is 55.3. The van der Waals surface area contributed by atoms with Crippen LogP contribution in [0, 0.1) is 0 Å². The molecule has 3 atom stereocenters. The van der Waals surface area contributed by atoms with E-state index in [0.29, 0.717) is 23.9 Å². The van der Waals surface area contributed by atoms with Gasteiger partial charge in [0.2, 0.25) is 5.91 Å². The van der Waals surface area contributed by atoms with E-state index in [1.807, 2.05) is 33.3 Å². The zero-order chi connectivity index (χ0) is 48.7. The number of unbranched alkanes of at least 4 members (excludes halogenated alkanes) is 28. The van der Waals surface area contributed by atoms with Gasteiger partial charge in [0.25, 0.3) is 0 Å². The number of phosphoric ester groups is 1. The Bertz CT molecular complexity index is 1280. The lowest BCUT2D eigenvalue weighted by Crippen LogP contribution is -2.47. The van der Waals surface area contributed by atoms with E-state index < -0.39 is 20.0 Å². The van der Waals surface area contributed by atoms with E-state index in [2.05, 4.69) is 62.5 Å². The molecule has 0 radical (unpaired) electrons. The Kier molecular flexibility index (Phi) is 45.3. The van der Waals surface area contributed by atoms with E-state index in [1.54, 1.807) is 0 Å². The maximum Gasteiger partial charge on any atom is 0.472 e. The van der Waals surface area contributed by atoms with Gasteiger partial charge < -0.3 is 19.4 Å². The van der Waals surface area contributed by atoms with Crippen LogP contribution in [0.3, 0.4) is 0 Å². The summed E-state index contributed by atoms with van der Waals surface area (Å²) in [4.78, 5) is 37.5. The summed E-state index contributed by atoms with van der Waals surface area (Å²) in [5.74, 6) is -0.536. The van der Waals surface area contributed by atoms with Gasteiger partial charge in [-0.15, -0.1) is 0 Å². The lowest BCUT2D eigenvalue weighted by atomic mass is 10.1. The van der Waals surface area contributed by atoms with Gasteiger partial charge in [0, 0.05) is 12.8 Å². The van der Waals surface area contributed by atoms with Gasteiger partial charge in [-0.1, -0.05) is 198 Å². The third kappa shape index (κ3) is 47.1. The lowest BCUT2D eigenvalue weighted by molar-refractivity contribution is -0.870. The van der Waals surface area contributed by atoms with E-state index in [-0.39, 0.29) is 31.5 Å². The van der Waals surface area contributed by atoms with Crippen molar-refractivity contribution in [2.24, 2.45) is 0 Å². The van der Waals surface area contributed by atoms with Crippen molar-refractivity contribution in [3.8, 4) is 0 Å². The van der Waals surface area contributed by atoms with Crippen molar-refractivity contribution < 1.29 is 37.3 Å².